The van der Waals surface area contributed by atoms with Gasteiger partial charge < -0.3 is 14.8 Å². The fourth-order valence-electron chi connectivity index (χ4n) is 8.75. The van der Waals surface area contributed by atoms with Gasteiger partial charge in [0.15, 0.2) is 11.5 Å². The SMILES string of the molecule is Cc1nc2c(F)c(-c3cccc(Cl)c3Cl)c(CCC#N)cc2c2c1cc(C1CC(n3ncc(C(F)(F)F)n3)CN1C(=O)C1CC1)n2C1C2CNC1C2. The van der Waals surface area contributed by atoms with Crippen LogP contribution in [-0.4, -0.2) is 54.5 Å². The molecule has 1 amide bonds. The Bertz CT molecular complexity index is 2330. The van der Waals surface area contributed by atoms with E-state index in [9.17, 15) is 23.2 Å². The number of aromatic nitrogens is 5. The highest BCUT2D eigenvalue weighted by molar-refractivity contribution is 6.43. The molecule has 2 aliphatic carbocycles. The number of nitrogens with one attached hydrogen (secondary N) is 1. The van der Waals surface area contributed by atoms with Gasteiger partial charge in [-0.05, 0) is 68.7 Å². The number of carbonyl (C=O) groups is 1. The molecule has 1 N–H and O–H groups in total. The summed E-state index contributed by atoms with van der Waals surface area (Å²) in [5.41, 5.74) is 2.51. The maximum Gasteiger partial charge on any atom is 0.436 e. The highest BCUT2D eigenvalue weighted by Crippen LogP contribution is 2.52. The summed E-state index contributed by atoms with van der Waals surface area (Å²) < 4.78 is 60.0. The summed E-state index contributed by atoms with van der Waals surface area (Å²) in [4.78, 5) is 21.6. The van der Waals surface area contributed by atoms with Crippen LogP contribution >= 0.6 is 23.2 Å². The van der Waals surface area contributed by atoms with E-state index in [1.54, 1.807) is 23.1 Å². The van der Waals surface area contributed by atoms with Gasteiger partial charge in [0.05, 0.1) is 46.0 Å². The first kappa shape index (κ1) is 33.6. The molecular formula is C37H32Cl2F4N8O. The first-order valence-electron chi connectivity index (χ1n) is 17.4. The Balaban J connectivity index is 1.27. The fraction of sp³-hybridized carbons (Fsp3) is 0.432. The molecule has 3 aliphatic heterocycles. The van der Waals surface area contributed by atoms with Crippen molar-refractivity contribution >= 4 is 50.9 Å². The number of halogens is 6. The minimum atomic E-state index is -4.65. The van der Waals surface area contributed by atoms with E-state index in [0.717, 1.165) is 53.4 Å². The Morgan fingerprint density at radius 2 is 1.96 bits per heavy atom. The second-order valence-corrected chi connectivity index (χ2v) is 15.3. The molecule has 5 aromatic rings. The number of carbonyl (C=O) groups excluding carboxylic acids is 1. The van der Waals surface area contributed by atoms with E-state index >= 15 is 4.39 Å². The lowest BCUT2D eigenvalue weighted by atomic mass is 9.79. The van der Waals surface area contributed by atoms with Gasteiger partial charge >= 0.3 is 6.18 Å². The fourth-order valence-corrected chi connectivity index (χ4v) is 9.15. The number of rotatable bonds is 7. The molecule has 2 bridgehead atoms. The third kappa shape index (κ3) is 5.20. The molecule has 9 nitrogen and oxygen atoms in total. The van der Waals surface area contributed by atoms with Gasteiger partial charge in [0.1, 0.15) is 5.52 Å². The molecular weight excluding hydrogens is 719 g/mol. The molecule has 3 aromatic heterocycles. The molecule has 6 heterocycles. The monoisotopic (exact) mass is 750 g/mol. The standard InChI is InChI=1S/C37H32Cl2F4N8O/c1-17-23-13-28(27-12-21(16-49(27)36(52)18-7-8-18)51-46-15-29(48-51)37(41,42)43)50(34-20-11-26(34)45-14-20)35(23)24-10-19(4-3-9-44)30(32(40)33(24)47-17)22-5-2-6-25(38)31(22)39/h2,5-6,10,13,15,18,20-21,26-27,34,45H,3-4,7-8,11-12,14,16H2,1H3. The van der Waals surface area contributed by atoms with Gasteiger partial charge in [-0.1, -0.05) is 35.3 Å². The second kappa shape index (κ2) is 12.1. The van der Waals surface area contributed by atoms with Crippen molar-refractivity contribution in [1.29, 1.82) is 5.26 Å². The predicted octanol–water partition coefficient (Wildman–Crippen LogP) is 8.13. The molecule has 268 valence electrons. The van der Waals surface area contributed by atoms with Crippen LogP contribution in [0, 0.1) is 35.9 Å². The first-order chi connectivity index (χ1) is 24.9. The number of pyridine rings is 1. The number of aryl methyl sites for hydroxylation is 2. The molecule has 2 saturated carbocycles. The third-order valence-electron chi connectivity index (χ3n) is 11.4. The molecule has 5 atom stereocenters. The van der Waals surface area contributed by atoms with Crippen LogP contribution in [0.1, 0.15) is 72.9 Å². The number of hydrogen-bond acceptors (Lipinski definition) is 6. The largest absolute Gasteiger partial charge is 0.436 e. The van der Waals surface area contributed by atoms with Crippen LogP contribution in [0.25, 0.3) is 32.9 Å². The van der Waals surface area contributed by atoms with Crippen LogP contribution in [0.15, 0.2) is 36.5 Å². The van der Waals surface area contributed by atoms with E-state index in [0.29, 0.717) is 34.5 Å². The Morgan fingerprint density at radius 1 is 1.15 bits per heavy atom. The molecule has 3 saturated heterocycles. The summed E-state index contributed by atoms with van der Waals surface area (Å²) in [7, 11) is 0. The van der Waals surface area contributed by atoms with Crippen LogP contribution in [0.3, 0.4) is 0 Å². The second-order valence-electron chi connectivity index (χ2n) is 14.5. The number of nitriles is 1. The number of fused-ring (bicyclic) bond motifs is 4. The van der Waals surface area contributed by atoms with Gasteiger partial charge in [0.25, 0.3) is 0 Å². The van der Waals surface area contributed by atoms with Crippen molar-refractivity contribution in [2.75, 3.05) is 13.1 Å². The Kier molecular flexibility index (Phi) is 7.84. The third-order valence-corrected chi connectivity index (χ3v) is 12.2. The summed E-state index contributed by atoms with van der Waals surface area (Å²) in [6.07, 6.45) is -0.719. The molecule has 5 aliphatic rings. The number of likely N-dealkylation sites (tertiary alicyclic amines) is 1. The van der Waals surface area contributed by atoms with Gasteiger partial charge in [0, 0.05) is 64.8 Å². The Labute approximate surface area is 305 Å². The van der Waals surface area contributed by atoms with Crippen molar-refractivity contribution in [2.24, 2.45) is 11.8 Å². The van der Waals surface area contributed by atoms with Gasteiger partial charge in [-0.15, -0.1) is 5.10 Å². The molecule has 5 fully saturated rings. The topological polar surface area (TPSA) is 105 Å². The average Bonchev–Trinajstić information content (AvgIpc) is 3.61. The zero-order valence-electron chi connectivity index (χ0n) is 27.9. The quantitative estimate of drug-likeness (QED) is 0.169. The highest BCUT2D eigenvalue weighted by atomic mass is 35.5. The molecule has 5 unspecified atom stereocenters. The van der Waals surface area contributed by atoms with E-state index in [2.05, 4.69) is 26.2 Å². The van der Waals surface area contributed by atoms with Gasteiger partial charge in [-0.2, -0.15) is 28.3 Å². The number of benzene rings is 2. The van der Waals surface area contributed by atoms with E-state index in [-0.39, 0.29) is 64.4 Å². The number of amides is 1. The summed E-state index contributed by atoms with van der Waals surface area (Å²) >= 11 is 13.0. The Morgan fingerprint density at radius 3 is 2.63 bits per heavy atom. The van der Waals surface area contributed by atoms with Crippen LogP contribution < -0.4 is 5.32 Å². The maximum absolute atomic E-state index is 17.1. The Hall–Kier alpha value is -4.25. The molecule has 2 aromatic carbocycles. The van der Waals surface area contributed by atoms with Crippen LogP contribution in [0.5, 0.6) is 0 Å². The van der Waals surface area contributed by atoms with Gasteiger partial charge in [-0.3, -0.25) is 4.79 Å². The normalized spacial score (nSPS) is 24.2. The van der Waals surface area contributed by atoms with Crippen LogP contribution in [0.4, 0.5) is 17.6 Å². The maximum atomic E-state index is 17.1. The van der Waals surface area contributed by atoms with Crippen molar-refractivity contribution in [2.45, 2.75) is 75.8 Å². The zero-order valence-corrected chi connectivity index (χ0v) is 29.4. The van der Waals surface area contributed by atoms with Gasteiger partial charge in [-0.25, -0.2) is 9.37 Å². The molecule has 0 spiro atoms. The van der Waals surface area contributed by atoms with Crippen molar-refractivity contribution in [1.82, 2.24) is 34.8 Å². The summed E-state index contributed by atoms with van der Waals surface area (Å²) in [6.45, 7) is 2.80. The van der Waals surface area contributed by atoms with E-state index in [4.69, 9.17) is 28.2 Å². The lowest BCUT2D eigenvalue weighted by molar-refractivity contribution is -0.141. The van der Waals surface area contributed by atoms with Crippen molar-refractivity contribution in [3.63, 3.8) is 0 Å². The molecule has 15 heteroatoms. The predicted molar refractivity (Wildman–Crippen MR) is 186 cm³/mol. The minimum absolute atomic E-state index is 0.00163. The molecule has 0 radical (unpaired) electrons. The lowest BCUT2D eigenvalue weighted by Gasteiger charge is -2.39. The van der Waals surface area contributed by atoms with Crippen LogP contribution in [-0.2, 0) is 17.4 Å². The van der Waals surface area contributed by atoms with Crippen molar-refractivity contribution in [3.05, 3.63) is 75.0 Å². The summed E-state index contributed by atoms with van der Waals surface area (Å²) in [6, 6.07) is 10.2. The summed E-state index contributed by atoms with van der Waals surface area (Å²) in [5, 5.41) is 22.8. The molecule has 52 heavy (non-hydrogen) atoms. The van der Waals surface area contributed by atoms with E-state index in [1.807, 2.05) is 19.1 Å². The highest BCUT2D eigenvalue weighted by Gasteiger charge is 2.51. The minimum Gasteiger partial charge on any atom is -0.337 e. The smallest absolute Gasteiger partial charge is 0.337 e. The lowest BCUT2D eigenvalue weighted by Crippen LogP contribution is -2.41. The number of hydrogen-bond donors (Lipinski definition) is 1. The van der Waals surface area contributed by atoms with E-state index in [1.165, 1.54) is 0 Å². The number of alkyl halides is 3. The summed E-state index contributed by atoms with van der Waals surface area (Å²) in [5.74, 6) is -0.438. The van der Waals surface area contributed by atoms with Gasteiger partial charge in [0.2, 0.25) is 5.91 Å². The zero-order chi connectivity index (χ0) is 36.2. The molecule has 10 rings (SSSR count). The number of nitrogens with zero attached hydrogens (tertiary/aromatic N) is 7. The van der Waals surface area contributed by atoms with Crippen molar-refractivity contribution in [3.8, 4) is 17.2 Å². The first-order valence-corrected chi connectivity index (χ1v) is 18.2. The van der Waals surface area contributed by atoms with Crippen LogP contribution in [0.2, 0.25) is 10.0 Å². The average molecular weight is 752 g/mol. The van der Waals surface area contributed by atoms with Crippen molar-refractivity contribution < 1.29 is 22.4 Å². The van der Waals surface area contributed by atoms with E-state index < -0.39 is 29.8 Å².